The molecule has 4 nitrogen and oxygen atoms in total. The van der Waals surface area contributed by atoms with E-state index in [9.17, 15) is 4.39 Å². The highest BCUT2D eigenvalue weighted by Crippen LogP contribution is 2.43. The summed E-state index contributed by atoms with van der Waals surface area (Å²) in [7, 11) is 0. The Morgan fingerprint density at radius 1 is 1.03 bits per heavy atom. The summed E-state index contributed by atoms with van der Waals surface area (Å²) >= 11 is 12.0. The molecule has 32 heavy (non-hydrogen) atoms. The molecular weight excluding hydrogens is 443 g/mol. The van der Waals surface area contributed by atoms with Crippen LogP contribution in [0.5, 0.6) is 0 Å². The number of rotatable bonds is 4. The molecule has 0 amide bonds. The van der Waals surface area contributed by atoms with Crippen LogP contribution < -0.4 is 10.2 Å². The Balaban J connectivity index is 1.69. The first-order valence-corrected chi connectivity index (χ1v) is 11.0. The molecule has 2 aromatic heterocycles. The van der Waals surface area contributed by atoms with Crippen molar-refractivity contribution in [2.45, 2.75) is 19.0 Å². The van der Waals surface area contributed by atoms with Crippen LogP contribution in [0, 0.1) is 12.7 Å². The minimum atomic E-state index is -0.330. The largest absolute Gasteiger partial charge is 0.351 e. The minimum Gasteiger partial charge on any atom is -0.351 e. The van der Waals surface area contributed by atoms with E-state index < -0.39 is 0 Å². The summed E-state index contributed by atoms with van der Waals surface area (Å²) in [5, 5.41) is 4.55. The van der Waals surface area contributed by atoms with Crippen LogP contribution in [-0.2, 0) is 0 Å². The van der Waals surface area contributed by atoms with E-state index in [4.69, 9.17) is 23.8 Å². The van der Waals surface area contributed by atoms with Crippen molar-refractivity contribution in [3.8, 4) is 5.69 Å². The summed E-state index contributed by atoms with van der Waals surface area (Å²) < 4.78 is 17.0. The lowest BCUT2D eigenvalue weighted by Crippen LogP contribution is -2.31. The average molecular weight is 463 g/mol. The van der Waals surface area contributed by atoms with Gasteiger partial charge in [-0.05, 0) is 79.3 Å². The number of hydrogen-bond donors (Lipinski definition) is 1. The third-order valence-electron chi connectivity index (χ3n) is 5.71. The van der Waals surface area contributed by atoms with E-state index in [0.717, 1.165) is 22.6 Å². The Kier molecular flexibility index (Phi) is 5.41. The summed E-state index contributed by atoms with van der Waals surface area (Å²) in [6, 6.07) is 21.8. The molecule has 160 valence electrons. The molecule has 0 bridgehead atoms. The molecule has 5 rings (SSSR count). The van der Waals surface area contributed by atoms with E-state index in [1.54, 1.807) is 18.3 Å². The molecule has 2 atom stereocenters. The summed E-state index contributed by atoms with van der Waals surface area (Å²) in [6.45, 7) is 1.98. The van der Waals surface area contributed by atoms with Gasteiger partial charge in [-0.25, -0.2) is 4.39 Å². The maximum Gasteiger partial charge on any atom is 0.174 e. The number of benzene rings is 2. The number of para-hydroxylation sites is 1. The normalized spacial score (nSPS) is 18.1. The second-order valence-corrected chi connectivity index (χ2v) is 8.48. The molecule has 7 heteroatoms. The quantitative estimate of drug-likeness (QED) is 0.369. The van der Waals surface area contributed by atoms with Crippen LogP contribution in [0.3, 0.4) is 0 Å². The second-order valence-electron chi connectivity index (χ2n) is 7.68. The van der Waals surface area contributed by atoms with Crippen molar-refractivity contribution < 1.29 is 4.39 Å². The predicted molar refractivity (Wildman–Crippen MR) is 130 cm³/mol. The van der Waals surface area contributed by atoms with Gasteiger partial charge in [-0.3, -0.25) is 4.98 Å². The van der Waals surface area contributed by atoms with Crippen LogP contribution in [0.1, 0.15) is 29.0 Å². The molecule has 0 unspecified atom stereocenters. The second kappa shape index (κ2) is 8.37. The zero-order valence-corrected chi connectivity index (χ0v) is 18.8. The average Bonchev–Trinajstić information content (AvgIpc) is 3.41. The smallest absolute Gasteiger partial charge is 0.174 e. The van der Waals surface area contributed by atoms with Gasteiger partial charge < -0.3 is 14.8 Å². The van der Waals surface area contributed by atoms with E-state index in [-0.39, 0.29) is 17.9 Å². The molecule has 1 aliphatic rings. The van der Waals surface area contributed by atoms with E-state index in [2.05, 4.69) is 14.9 Å². The van der Waals surface area contributed by atoms with Crippen molar-refractivity contribution >= 4 is 34.6 Å². The van der Waals surface area contributed by atoms with Gasteiger partial charge in [0.25, 0.3) is 0 Å². The van der Waals surface area contributed by atoms with Gasteiger partial charge in [0, 0.05) is 28.8 Å². The molecule has 0 spiro atoms. The summed E-state index contributed by atoms with van der Waals surface area (Å²) in [5.41, 5.74) is 4.17. The van der Waals surface area contributed by atoms with Gasteiger partial charge in [0.15, 0.2) is 5.11 Å². The molecule has 1 N–H and O–H groups in total. The van der Waals surface area contributed by atoms with E-state index >= 15 is 0 Å². The molecule has 0 radical (unpaired) electrons. The maximum absolute atomic E-state index is 14.9. The topological polar surface area (TPSA) is 33.1 Å². The number of nitrogens with zero attached hydrogens (tertiary/aromatic N) is 3. The maximum atomic E-state index is 14.9. The number of pyridine rings is 1. The van der Waals surface area contributed by atoms with E-state index in [1.807, 2.05) is 72.6 Å². The molecule has 1 saturated heterocycles. The van der Waals surface area contributed by atoms with Gasteiger partial charge in [-0.2, -0.15) is 0 Å². The van der Waals surface area contributed by atoms with Gasteiger partial charge in [0.1, 0.15) is 11.9 Å². The Hall–Kier alpha value is -3.22. The highest BCUT2D eigenvalue weighted by atomic mass is 35.5. The van der Waals surface area contributed by atoms with Gasteiger partial charge in [-0.15, -0.1) is 0 Å². The van der Waals surface area contributed by atoms with Crippen LogP contribution >= 0.6 is 23.8 Å². The van der Waals surface area contributed by atoms with Crippen molar-refractivity contribution in [1.29, 1.82) is 0 Å². The standard InChI is InChI=1S/C25H20ClFN4S/c1-16-15-17(11-12-18(16)26)30-14-6-10-22(30)24-23(20-8-4-5-13-28-20)29-25(32)31(24)21-9-3-2-7-19(21)27/h2-15,23-24H,1H3,(H,29,32)/t23-,24-/m1/s1. The van der Waals surface area contributed by atoms with Crippen molar-refractivity contribution in [3.63, 3.8) is 0 Å². The first kappa shape index (κ1) is 20.7. The number of halogens is 2. The Bertz CT molecular complexity index is 1290. The molecule has 4 aromatic rings. The van der Waals surface area contributed by atoms with Crippen molar-refractivity contribution in [1.82, 2.24) is 14.9 Å². The highest BCUT2D eigenvalue weighted by Gasteiger charge is 2.43. The Labute approximate surface area is 196 Å². The first-order chi connectivity index (χ1) is 15.5. The van der Waals surface area contributed by atoms with Crippen LogP contribution in [0.15, 0.2) is 85.2 Å². The fourth-order valence-corrected chi connectivity index (χ4v) is 4.67. The first-order valence-electron chi connectivity index (χ1n) is 10.2. The van der Waals surface area contributed by atoms with Crippen molar-refractivity contribution in [2.75, 3.05) is 4.90 Å². The third-order valence-corrected chi connectivity index (χ3v) is 6.45. The lowest BCUT2D eigenvalue weighted by molar-refractivity contribution is 0.542. The van der Waals surface area contributed by atoms with Crippen LogP contribution in [0.2, 0.25) is 5.02 Å². The molecule has 0 aliphatic carbocycles. The monoisotopic (exact) mass is 462 g/mol. The Morgan fingerprint density at radius 2 is 1.84 bits per heavy atom. The molecule has 1 aliphatic heterocycles. The fraction of sp³-hybridized carbons (Fsp3) is 0.120. The van der Waals surface area contributed by atoms with Crippen LogP contribution in [0.25, 0.3) is 5.69 Å². The van der Waals surface area contributed by atoms with E-state index in [1.165, 1.54) is 6.07 Å². The number of nitrogens with one attached hydrogen (secondary N) is 1. The molecular formula is C25H20ClFN4S. The number of aromatic nitrogens is 2. The van der Waals surface area contributed by atoms with Gasteiger partial charge in [-0.1, -0.05) is 29.8 Å². The van der Waals surface area contributed by atoms with Crippen molar-refractivity contribution in [3.05, 3.63) is 113 Å². The van der Waals surface area contributed by atoms with Crippen LogP contribution in [0.4, 0.5) is 10.1 Å². The van der Waals surface area contributed by atoms with Gasteiger partial charge in [0.05, 0.1) is 17.4 Å². The summed E-state index contributed by atoms with van der Waals surface area (Å²) in [4.78, 5) is 6.41. The number of thiocarbonyl (C=S) groups is 1. The molecule has 1 fully saturated rings. The minimum absolute atomic E-state index is 0.259. The fourth-order valence-electron chi connectivity index (χ4n) is 4.21. The number of hydrogen-bond acceptors (Lipinski definition) is 2. The lowest BCUT2D eigenvalue weighted by atomic mass is 10.0. The van der Waals surface area contributed by atoms with Crippen molar-refractivity contribution in [2.24, 2.45) is 0 Å². The lowest BCUT2D eigenvalue weighted by Gasteiger charge is -2.29. The molecule has 0 saturated carbocycles. The van der Waals surface area contributed by atoms with Crippen LogP contribution in [-0.4, -0.2) is 14.7 Å². The Morgan fingerprint density at radius 3 is 2.59 bits per heavy atom. The molecule has 2 aromatic carbocycles. The summed E-state index contributed by atoms with van der Waals surface area (Å²) in [5.74, 6) is -0.330. The predicted octanol–water partition coefficient (Wildman–Crippen LogP) is 6.15. The van der Waals surface area contributed by atoms with Gasteiger partial charge >= 0.3 is 0 Å². The molecule has 3 heterocycles. The zero-order chi connectivity index (χ0) is 22.2. The van der Waals surface area contributed by atoms with Gasteiger partial charge in [0.2, 0.25) is 0 Å². The highest BCUT2D eigenvalue weighted by molar-refractivity contribution is 7.80. The number of anilines is 1. The SMILES string of the molecule is Cc1cc(-n2cccc2[C@@H]2[C@@H](c3ccccn3)NC(=S)N2c2ccccc2F)ccc1Cl. The summed E-state index contributed by atoms with van der Waals surface area (Å²) in [6.07, 6.45) is 3.75. The van der Waals surface area contributed by atoms with E-state index in [0.29, 0.717) is 15.8 Å². The third kappa shape index (κ3) is 3.55. The zero-order valence-electron chi connectivity index (χ0n) is 17.2. The number of aryl methyl sites for hydroxylation is 1.